The van der Waals surface area contributed by atoms with E-state index in [1.165, 1.54) is 21.8 Å². The third-order valence-electron chi connectivity index (χ3n) is 5.56. The van der Waals surface area contributed by atoms with Crippen LogP contribution in [0.25, 0.3) is 11.1 Å². The predicted octanol–water partition coefficient (Wildman–Crippen LogP) is 5.35. The van der Waals surface area contributed by atoms with E-state index in [1.54, 1.807) is 11.3 Å². The molecular weight excluding hydrogens is 402 g/mol. The molecule has 2 aromatic heterocycles. The van der Waals surface area contributed by atoms with E-state index in [1.807, 2.05) is 39.8 Å². The maximum Gasteiger partial charge on any atom is 0.293 e. The minimum atomic E-state index is -0.232. The number of fused-ring (bicyclic) bond motifs is 1. The third-order valence-corrected chi connectivity index (χ3v) is 7.73. The maximum absolute atomic E-state index is 12.6. The first kappa shape index (κ1) is 20.0. The second-order valence-corrected chi connectivity index (χ2v) is 9.89. The second-order valence-electron chi connectivity index (χ2n) is 7.81. The molecule has 4 rings (SSSR count). The van der Waals surface area contributed by atoms with Crippen molar-refractivity contribution in [3.8, 4) is 11.1 Å². The molecule has 1 fully saturated rings. The zero-order chi connectivity index (χ0) is 20.9. The van der Waals surface area contributed by atoms with Gasteiger partial charge in [0.1, 0.15) is 11.1 Å². The number of aromatic nitrogens is 1. The maximum atomic E-state index is 12.6. The van der Waals surface area contributed by atoms with Gasteiger partial charge in [0.25, 0.3) is 11.1 Å². The molecule has 1 aliphatic carbocycles. The molecule has 0 saturated carbocycles. The number of imide groups is 1. The number of amides is 2. The van der Waals surface area contributed by atoms with Crippen LogP contribution in [0, 0.1) is 25.2 Å². The summed E-state index contributed by atoms with van der Waals surface area (Å²) in [5.74, 6) is -0.232. The van der Waals surface area contributed by atoms with Gasteiger partial charge in [0.2, 0.25) is 0 Å². The molecule has 150 valence electrons. The highest BCUT2D eigenvalue weighted by Gasteiger charge is 2.37. The number of rotatable bonds is 3. The van der Waals surface area contributed by atoms with E-state index in [9.17, 15) is 14.9 Å². The van der Waals surface area contributed by atoms with Crippen LogP contribution in [0.15, 0.2) is 11.0 Å². The van der Waals surface area contributed by atoms with Crippen LogP contribution in [0.5, 0.6) is 0 Å². The normalized spacial score (nSPS) is 18.1. The first-order valence-corrected chi connectivity index (χ1v) is 11.5. The van der Waals surface area contributed by atoms with Gasteiger partial charge in [0.05, 0.1) is 10.5 Å². The van der Waals surface area contributed by atoms with Gasteiger partial charge in [-0.1, -0.05) is 0 Å². The highest BCUT2D eigenvalue weighted by molar-refractivity contribution is 8.18. The fourth-order valence-corrected chi connectivity index (χ4v) is 6.54. The van der Waals surface area contributed by atoms with Gasteiger partial charge in [-0.15, -0.1) is 11.3 Å². The van der Waals surface area contributed by atoms with E-state index in [0.717, 1.165) is 58.5 Å². The van der Waals surface area contributed by atoms with Crippen molar-refractivity contribution < 1.29 is 9.59 Å². The summed E-state index contributed by atoms with van der Waals surface area (Å²) in [7, 11) is 0. The Labute approximate surface area is 179 Å². The fraction of sp³-hybridized carbons (Fsp3) is 0.409. The van der Waals surface area contributed by atoms with Crippen LogP contribution in [0.3, 0.4) is 0 Å². The lowest BCUT2D eigenvalue weighted by atomic mass is 9.96. The van der Waals surface area contributed by atoms with Crippen molar-refractivity contribution in [2.24, 2.45) is 0 Å². The largest absolute Gasteiger partial charge is 0.308 e. The smallest absolute Gasteiger partial charge is 0.293 e. The summed E-state index contributed by atoms with van der Waals surface area (Å²) in [4.78, 5) is 27.9. The molecule has 0 spiro atoms. The van der Waals surface area contributed by atoms with Crippen LogP contribution in [0.4, 0.5) is 4.79 Å². The van der Waals surface area contributed by atoms with Crippen LogP contribution in [-0.4, -0.2) is 26.7 Å². The number of thioether (sulfide) groups is 1. The van der Waals surface area contributed by atoms with Crippen molar-refractivity contribution in [2.45, 2.75) is 59.4 Å². The summed E-state index contributed by atoms with van der Waals surface area (Å²) in [6.07, 6.45) is 6.15. The summed E-state index contributed by atoms with van der Waals surface area (Å²) in [6, 6.07) is 4.31. The molecule has 0 aromatic carbocycles. The van der Waals surface area contributed by atoms with Crippen LogP contribution < -0.4 is 0 Å². The van der Waals surface area contributed by atoms with Gasteiger partial charge in [-0.3, -0.25) is 14.5 Å². The van der Waals surface area contributed by atoms with E-state index in [4.69, 9.17) is 0 Å². The van der Waals surface area contributed by atoms with E-state index in [0.29, 0.717) is 4.91 Å². The molecule has 3 heterocycles. The molecular formula is C22H23N3O2S2. The summed E-state index contributed by atoms with van der Waals surface area (Å²) < 4.78 is 2.13. The molecule has 0 bridgehead atoms. The lowest BCUT2D eigenvalue weighted by Gasteiger charge is -2.16. The summed E-state index contributed by atoms with van der Waals surface area (Å²) in [5, 5.41) is 10.6. The SMILES string of the molecule is Cc1cc(/C=C2/SC(=O)N(C(C)C)C2=O)c(C)n1-c1sc2c(c1C#N)CCCC2. The van der Waals surface area contributed by atoms with E-state index in [2.05, 4.69) is 10.6 Å². The molecule has 0 atom stereocenters. The Bertz CT molecular complexity index is 1100. The van der Waals surface area contributed by atoms with Gasteiger partial charge < -0.3 is 4.57 Å². The number of hydrogen-bond donors (Lipinski definition) is 0. The zero-order valence-electron chi connectivity index (χ0n) is 17.0. The van der Waals surface area contributed by atoms with Gasteiger partial charge >= 0.3 is 0 Å². The molecule has 0 radical (unpaired) electrons. The first-order chi connectivity index (χ1) is 13.8. The standard InChI is InChI=1S/C22H23N3O2S2/c1-12(2)24-20(26)19(29-22(24)27)10-15-9-13(3)25(14(15)4)21-17(11-23)16-7-5-6-8-18(16)28-21/h9-10,12H,5-8H2,1-4H3/b19-10+. The number of hydrogen-bond acceptors (Lipinski definition) is 5. The van der Waals surface area contributed by atoms with Crippen LogP contribution in [0.2, 0.25) is 0 Å². The molecule has 1 aliphatic heterocycles. The van der Waals surface area contributed by atoms with Gasteiger partial charge in [0, 0.05) is 22.3 Å². The Hall–Kier alpha value is -2.30. The highest BCUT2D eigenvalue weighted by Crippen LogP contribution is 2.39. The summed E-state index contributed by atoms with van der Waals surface area (Å²) in [6.45, 7) is 7.70. The molecule has 0 unspecified atom stereocenters. The van der Waals surface area contributed by atoms with Crippen molar-refractivity contribution in [3.63, 3.8) is 0 Å². The van der Waals surface area contributed by atoms with Crippen LogP contribution in [0.1, 0.15) is 59.6 Å². The number of nitrogens with zero attached hydrogens (tertiary/aromatic N) is 3. The summed E-state index contributed by atoms with van der Waals surface area (Å²) in [5.41, 5.74) is 4.91. The highest BCUT2D eigenvalue weighted by atomic mass is 32.2. The Kier molecular flexibility index (Phi) is 5.18. The van der Waals surface area contributed by atoms with Gasteiger partial charge in [-0.25, -0.2) is 0 Å². The first-order valence-electron chi connectivity index (χ1n) is 9.84. The molecule has 2 aromatic rings. The molecule has 2 aliphatic rings. The average Bonchev–Trinajstić information content (AvgIpc) is 3.26. The Morgan fingerprint density at radius 1 is 1.21 bits per heavy atom. The van der Waals surface area contributed by atoms with E-state index in [-0.39, 0.29) is 17.2 Å². The minimum absolute atomic E-state index is 0.156. The Morgan fingerprint density at radius 2 is 1.93 bits per heavy atom. The second kappa shape index (κ2) is 7.51. The molecule has 29 heavy (non-hydrogen) atoms. The molecule has 2 amide bonds. The van der Waals surface area contributed by atoms with Crippen molar-refractivity contribution in [1.82, 2.24) is 9.47 Å². The number of nitriles is 1. The number of carbonyl (C=O) groups is 2. The number of carbonyl (C=O) groups excluding carboxylic acids is 2. The lowest BCUT2D eigenvalue weighted by molar-refractivity contribution is -0.123. The molecule has 0 N–H and O–H groups in total. The van der Waals surface area contributed by atoms with Gasteiger partial charge in [-0.2, -0.15) is 5.26 Å². The number of aryl methyl sites for hydroxylation is 2. The van der Waals surface area contributed by atoms with Crippen LogP contribution in [-0.2, 0) is 17.6 Å². The number of thiophene rings is 1. The molecule has 1 saturated heterocycles. The van der Waals surface area contributed by atoms with Crippen molar-refractivity contribution in [3.05, 3.63) is 43.9 Å². The van der Waals surface area contributed by atoms with Crippen molar-refractivity contribution in [2.75, 3.05) is 0 Å². The van der Waals surface area contributed by atoms with Gasteiger partial charge in [0.15, 0.2) is 0 Å². The monoisotopic (exact) mass is 425 g/mol. The topological polar surface area (TPSA) is 66.1 Å². The van der Waals surface area contributed by atoms with Crippen molar-refractivity contribution >= 4 is 40.3 Å². The Balaban J connectivity index is 1.78. The predicted molar refractivity (Wildman–Crippen MR) is 117 cm³/mol. The summed E-state index contributed by atoms with van der Waals surface area (Å²) >= 11 is 2.71. The van der Waals surface area contributed by atoms with Crippen LogP contribution >= 0.6 is 23.1 Å². The minimum Gasteiger partial charge on any atom is -0.308 e. The average molecular weight is 426 g/mol. The lowest BCUT2D eigenvalue weighted by Crippen LogP contribution is -2.34. The third kappa shape index (κ3) is 3.24. The van der Waals surface area contributed by atoms with Gasteiger partial charge in [-0.05, 0) is 88.4 Å². The van der Waals surface area contributed by atoms with Crippen molar-refractivity contribution in [1.29, 1.82) is 5.26 Å². The molecule has 5 nitrogen and oxygen atoms in total. The zero-order valence-corrected chi connectivity index (χ0v) is 18.7. The fourth-order valence-electron chi connectivity index (χ4n) is 4.14. The Morgan fingerprint density at radius 3 is 2.59 bits per heavy atom. The van der Waals surface area contributed by atoms with E-state index >= 15 is 0 Å². The van der Waals surface area contributed by atoms with E-state index < -0.39 is 0 Å². The molecule has 7 heteroatoms. The quantitative estimate of drug-likeness (QED) is 0.622.